The molecule has 0 bridgehead atoms. The highest BCUT2D eigenvalue weighted by Gasteiger charge is 2.39. The number of unbranched alkanes of at least 4 members (excludes halogenated alkanes) is 1. The van der Waals surface area contributed by atoms with Crippen LogP contribution in [0.25, 0.3) is 0 Å². The molecule has 2 aliphatic heterocycles. The average Bonchev–Trinajstić information content (AvgIpc) is 2.85. The van der Waals surface area contributed by atoms with E-state index in [2.05, 4.69) is 18.7 Å². The summed E-state index contributed by atoms with van der Waals surface area (Å²) in [6.07, 6.45) is 7.51. The molecule has 2 rings (SSSR count). The van der Waals surface area contributed by atoms with Gasteiger partial charge in [-0.1, -0.05) is 33.1 Å². The van der Waals surface area contributed by atoms with Gasteiger partial charge in [-0.15, -0.1) is 0 Å². The van der Waals surface area contributed by atoms with Crippen LogP contribution in [0, 0.1) is 5.92 Å². The summed E-state index contributed by atoms with van der Waals surface area (Å²) in [6.45, 7) is 9.74. The molecular weight excluding hydrogens is 226 g/mol. The van der Waals surface area contributed by atoms with Gasteiger partial charge in [0, 0.05) is 32.5 Å². The first kappa shape index (κ1) is 14.3. The van der Waals surface area contributed by atoms with Crippen molar-refractivity contribution in [3.63, 3.8) is 0 Å². The molecule has 1 spiro atoms. The lowest BCUT2D eigenvalue weighted by molar-refractivity contribution is -0.185. The minimum atomic E-state index is -0.207. The summed E-state index contributed by atoms with van der Waals surface area (Å²) < 4.78 is 11.6. The molecular formula is C15H29NO2. The SMILES string of the molecule is CCCCC(CC)CN1CCC2(CC1)OCCO2. The Morgan fingerprint density at radius 1 is 1.11 bits per heavy atom. The molecule has 0 radical (unpaired) electrons. The molecule has 0 amide bonds. The van der Waals surface area contributed by atoms with Crippen molar-refractivity contribution in [3.05, 3.63) is 0 Å². The van der Waals surface area contributed by atoms with Crippen molar-refractivity contribution in [1.29, 1.82) is 0 Å². The van der Waals surface area contributed by atoms with Crippen molar-refractivity contribution >= 4 is 0 Å². The zero-order valence-corrected chi connectivity index (χ0v) is 12.1. The van der Waals surface area contributed by atoms with Crippen molar-refractivity contribution in [2.75, 3.05) is 32.8 Å². The molecule has 0 aliphatic carbocycles. The Morgan fingerprint density at radius 2 is 1.78 bits per heavy atom. The standard InChI is InChI=1S/C15H29NO2/c1-3-5-6-14(4-2)13-16-9-7-15(8-10-16)17-11-12-18-15/h14H,3-13H2,1-2H3. The molecule has 2 fully saturated rings. The van der Waals surface area contributed by atoms with Gasteiger partial charge in [0.05, 0.1) is 13.2 Å². The molecule has 3 nitrogen and oxygen atoms in total. The van der Waals surface area contributed by atoms with Gasteiger partial charge in [0.15, 0.2) is 5.79 Å². The van der Waals surface area contributed by atoms with E-state index in [1.54, 1.807) is 0 Å². The Balaban J connectivity index is 1.71. The van der Waals surface area contributed by atoms with E-state index in [9.17, 15) is 0 Å². The van der Waals surface area contributed by atoms with Crippen LogP contribution >= 0.6 is 0 Å². The van der Waals surface area contributed by atoms with Crippen molar-refractivity contribution in [2.45, 2.75) is 58.2 Å². The normalized spacial score (nSPS) is 25.7. The van der Waals surface area contributed by atoms with E-state index in [-0.39, 0.29) is 5.79 Å². The van der Waals surface area contributed by atoms with Crippen molar-refractivity contribution in [2.24, 2.45) is 5.92 Å². The van der Waals surface area contributed by atoms with Gasteiger partial charge in [-0.2, -0.15) is 0 Å². The van der Waals surface area contributed by atoms with E-state index in [1.807, 2.05) is 0 Å². The molecule has 2 saturated heterocycles. The average molecular weight is 255 g/mol. The van der Waals surface area contributed by atoms with E-state index in [0.29, 0.717) is 0 Å². The number of ether oxygens (including phenoxy) is 2. The van der Waals surface area contributed by atoms with Crippen LogP contribution in [0.2, 0.25) is 0 Å². The lowest BCUT2D eigenvalue weighted by atomic mass is 9.96. The van der Waals surface area contributed by atoms with Crippen molar-refractivity contribution in [1.82, 2.24) is 4.90 Å². The van der Waals surface area contributed by atoms with E-state index in [4.69, 9.17) is 9.47 Å². The van der Waals surface area contributed by atoms with Crippen LogP contribution in [0.1, 0.15) is 52.4 Å². The second kappa shape index (κ2) is 6.88. The number of likely N-dealkylation sites (tertiary alicyclic amines) is 1. The summed E-state index contributed by atoms with van der Waals surface area (Å²) in [6, 6.07) is 0. The predicted octanol–water partition coefficient (Wildman–Crippen LogP) is 3.04. The zero-order valence-electron chi connectivity index (χ0n) is 12.1. The van der Waals surface area contributed by atoms with Gasteiger partial charge in [-0.25, -0.2) is 0 Å². The maximum Gasteiger partial charge on any atom is 0.170 e. The minimum absolute atomic E-state index is 0.207. The van der Waals surface area contributed by atoms with Crippen LogP contribution in [0.5, 0.6) is 0 Å². The lowest BCUT2D eigenvalue weighted by Crippen LogP contribution is -2.46. The molecule has 18 heavy (non-hydrogen) atoms. The minimum Gasteiger partial charge on any atom is -0.347 e. The Morgan fingerprint density at radius 3 is 2.33 bits per heavy atom. The number of nitrogens with zero attached hydrogens (tertiary/aromatic N) is 1. The van der Waals surface area contributed by atoms with E-state index < -0.39 is 0 Å². The summed E-state index contributed by atoms with van der Waals surface area (Å²) in [5.74, 6) is 0.672. The smallest absolute Gasteiger partial charge is 0.170 e. The van der Waals surface area contributed by atoms with E-state index >= 15 is 0 Å². The highest BCUT2D eigenvalue weighted by atomic mass is 16.7. The molecule has 0 N–H and O–H groups in total. The van der Waals surface area contributed by atoms with E-state index in [0.717, 1.165) is 45.1 Å². The Hall–Kier alpha value is -0.120. The fourth-order valence-electron chi connectivity index (χ4n) is 3.14. The van der Waals surface area contributed by atoms with Crippen LogP contribution in [-0.4, -0.2) is 43.5 Å². The van der Waals surface area contributed by atoms with Gasteiger partial charge >= 0.3 is 0 Å². The quantitative estimate of drug-likeness (QED) is 0.728. The van der Waals surface area contributed by atoms with Gasteiger partial charge < -0.3 is 14.4 Å². The van der Waals surface area contributed by atoms with Gasteiger partial charge in [0.2, 0.25) is 0 Å². The number of rotatable bonds is 6. The molecule has 1 unspecified atom stereocenters. The molecule has 0 aromatic heterocycles. The first-order valence-electron chi connectivity index (χ1n) is 7.78. The largest absolute Gasteiger partial charge is 0.347 e. The van der Waals surface area contributed by atoms with Crippen LogP contribution in [-0.2, 0) is 9.47 Å². The zero-order chi connectivity index (χ0) is 12.8. The Bertz CT molecular complexity index is 229. The van der Waals surface area contributed by atoms with Gasteiger partial charge in [0.1, 0.15) is 0 Å². The van der Waals surface area contributed by atoms with Crippen molar-refractivity contribution < 1.29 is 9.47 Å². The molecule has 1 atom stereocenters. The first-order valence-corrected chi connectivity index (χ1v) is 7.78. The Labute approximate surface area is 112 Å². The summed E-state index contributed by atoms with van der Waals surface area (Å²) in [7, 11) is 0. The highest BCUT2D eigenvalue weighted by Crippen LogP contribution is 2.31. The summed E-state index contributed by atoms with van der Waals surface area (Å²) in [5, 5.41) is 0. The lowest BCUT2D eigenvalue weighted by Gasteiger charge is -2.38. The molecule has 2 aliphatic rings. The van der Waals surface area contributed by atoms with Crippen LogP contribution in [0.3, 0.4) is 0 Å². The molecule has 2 heterocycles. The highest BCUT2D eigenvalue weighted by molar-refractivity contribution is 4.83. The fraction of sp³-hybridized carbons (Fsp3) is 1.00. The monoisotopic (exact) mass is 255 g/mol. The third-order valence-electron chi connectivity index (χ3n) is 4.49. The maximum absolute atomic E-state index is 5.78. The molecule has 0 saturated carbocycles. The predicted molar refractivity (Wildman–Crippen MR) is 73.6 cm³/mol. The fourth-order valence-corrected chi connectivity index (χ4v) is 3.14. The third-order valence-corrected chi connectivity index (χ3v) is 4.49. The van der Waals surface area contributed by atoms with Crippen molar-refractivity contribution in [3.8, 4) is 0 Å². The number of hydrogen-bond acceptors (Lipinski definition) is 3. The summed E-state index contributed by atoms with van der Waals surface area (Å²) >= 11 is 0. The summed E-state index contributed by atoms with van der Waals surface area (Å²) in [5.41, 5.74) is 0. The molecule has 0 aromatic carbocycles. The molecule has 3 heteroatoms. The van der Waals surface area contributed by atoms with Crippen LogP contribution in [0.4, 0.5) is 0 Å². The molecule has 106 valence electrons. The third kappa shape index (κ3) is 3.69. The Kier molecular flexibility index (Phi) is 5.46. The van der Waals surface area contributed by atoms with Crippen LogP contribution < -0.4 is 0 Å². The number of hydrogen-bond donors (Lipinski definition) is 0. The summed E-state index contributed by atoms with van der Waals surface area (Å²) in [4.78, 5) is 2.61. The maximum atomic E-state index is 5.78. The van der Waals surface area contributed by atoms with Gasteiger partial charge in [-0.3, -0.25) is 0 Å². The second-order valence-electron chi connectivity index (χ2n) is 5.82. The van der Waals surface area contributed by atoms with Gasteiger partial charge in [-0.05, 0) is 12.3 Å². The van der Waals surface area contributed by atoms with E-state index in [1.165, 1.54) is 32.2 Å². The first-order chi connectivity index (χ1) is 8.78. The second-order valence-corrected chi connectivity index (χ2v) is 5.82. The molecule has 0 aromatic rings. The van der Waals surface area contributed by atoms with Crippen LogP contribution in [0.15, 0.2) is 0 Å². The topological polar surface area (TPSA) is 21.7 Å². The van der Waals surface area contributed by atoms with Gasteiger partial charge in [0.25, 0.3) is 0 Å². The number of piperidine rings is 1.